The van der Waals surface area contributed by atoms with Gasteiger partial charge in [-0.05, 0) is 38.5 Å². The van der Waals surface area contributed by atoms with E-state index in [-0.39, 0.29) is 18.4 Å². The van der Waals surface area contributed by atoms with Crippen LogP contribution < -0.4 is 0 Å². The second-order valence-electron chi connectivity index (χ2n) is 6.11. The number of rotatable bonds is 5. The molecule has 2 heterocycles. The van der Waals surface area contributed by atoms with Crippen LogP contribution in [0, 0.1) is 5.92 Å². The zero-order valence-corrected chi connectivity index (χ0v) is 13.2. The van der Waals surface area contributed by atoms with Crippen molar-refractivity contribution in [3.8, 4) is 0 Å². The van der Waals surface area contributed by atoms with Gasteiger partial charge in [-0.15, -0.1) is 0 Å². The van der Waals surface area contributed by atoms with Crippen LogP contribution >= 0.6 is 0 Å². The highest BCUT2D eigenvalue weighted by Gasteiger charge is 2.24. The van der Waals surface area contributed by atoms with Gasteiger partial charge in [-0.25, -0.2) is 0 Å². The van der Waals surface area contributed by atoms with Crippen LogP contribution in [-0.2, 0) is 14.3 Å². The largest absolute Gasteiger partial charge is 0.381 e. The fourth-order valence-corrected chi connectivity index (χ4v) is 3.12. The van der Waals surface area contributed by atoms with Gasteiger partial charge in [0.2, 0.25) is 11.8 Å². The van der Waals surface area contributed by atoms with Gasteiger partial charge in [0.1, 0.15) is 0 Å². The molecular weight excluding hydrogens is 268 g/mol. The maximum Gasteiger partial charge on any atom is 0.242 e. The predicted octanol–water partition coefficient (Wildman–Crippen LogP) is 1.66. The highest BCUT2D eigenvalue weighted by atomic mass is 16.5. The van der Waals surface area contributed by atoms with Gasteiger partial charge in [-0.2, -0.15) is 0 Å². The van der Waals surface area contributed by atoms with Crippen molar-refractivity contribution >= 4 is 11.8 Å². The zero-order valence-electron chi connectivity index (χ0n) is 13.2. The molecule has 0 bridgehead atoms. The molecule has 0 aromatic rings. The zero-order chi connectivity index (χ0) is 15.1. The number of hydrogen-bond donors (Lipinski definition) is 0. The summed E-state index contributed by atoms with van der Waals surface area (Å²) in [6.07, 6.45) is 5.74. The Hall–Kier alpha value is -1.10. The van der Waals surface area contributed by atoms with Crippen LogP contribution in [0.25, 0.3) is 0 Å². The van der Waals surface area contributed by atoms with E-state index in [4.69, 9.17) is 4.74 Å². The lowest BCUT2D eigenvalue weighted by molar-refractivity contribution is -0.140. The van der Waals surface area contributed by atoms with Crippen molar-refractivity contribution in [2.75, 3.05) is 39.4 Å². The minimum absolute atomic E-state index is 0.0965. The molecule has 5 nitrogen and oxygen atoms in total. The Kier molecular flexibility index (Phi) is 6.49. The number of carbonyl (C=O) groups excluding carboxylic acids is 2. The second kappa shape index (κ2) is 8.37. The first-order chi connectivity index (χ1) is 10.2. The van der Waals surface area contributed by atoms with Gasteiger partial charge in [0.05, 0.1) is 6.54 Å². The van der Waals surface area contributed by atoms with E-state index in [1.807, 2.05) is 11.8 Å². The molecule has 21 heavy (non-hydrogen) atoms. The molecule has 0 N–H and O–H groups in total. The molecule has 0 atom stereocenters. The molecule has 2 aliphatic rings. The first-order valence-electron chi connectivity index (χ1n) is 8.34. The van der Waals surface area contributed by atoms with E-state index in [1.165, 1.54) is 0 Å². The molecule has 2 amide bonds. The van der Waals surface area contributed by atoms with Crippen molar-refractivity contribution in [3.63, 3.8) is 0 Å². The van der Waals surface area contributed by atoms with Crippen LogP contribution in [0.5, 0.6) is 0 Å². The average Bonchev–Trinajstić information content (AvgIpc) is 2.71. The Morgan fingerprint density at radius 2 is 2.05 bits per heavy atom. The number of amides is 2. The molecule has 5 heteroatoms. The fourth-order valence-electron chi connectivity index (χ4n) is 3.12. The van der Waals surface area contributed by atoms with Crippen LogP contribution in [0.3, 0.4) is 0 Å². The Morgan fingerprint density at radius 1 is 1.29 bits per heavy atom. The molecule has 0 saturated carbocycles. The Morgan fingerprint density at radius 3 is 2.76 bits per heavy atom. The summed E-state index contributed by atoms with van der Waals surface area (Å²) in [6, 6.07) is 0. The predicted molar refractivity (Wildman–Crippen MR) is 80.8 cm³/mol. The standard InChI is InChI=1S/C16H28N2O3/c1-2-17(12-14-7-10-21-11-8-14)16(20)13-18-9-5-3-4-6-15(18)19/h14H,2-13H2,1H3. The lowest BCUT2D eigenvalue weighted by Crippen LogP contribution is -2.44. The van der Waals surface area contributed by atoms with Gasteiger partial charge >= 0.3 is 0 Å². The summed E-state index contributed by atoms with van der Waals surface area (Å²) >= 11 is 0. The summed E-state index contributed by atoms with van der Waals surface area (Å²) in [7, 11) is 0. The molecular formula is C16H28N2O3. The quantitative estimate of drug-likeness (QED) is 0.775. The summed E-state index contributed by atoms with van der Waals surface area (Å²) in [4.78, 5) is 28.1. The second-order valence-corrected chi connectivity index (χ2v) is 6.11. The van der Waals surface area contributed by atoms with Crippen LogP contribution in [-0.4, -0.2) is 61.0 Å². The molecule has 2 rings (SSSR count). The molecule has 2 saturated heterocycles. The first-order valence-corrected chi connectivity index (χ1v) is 8.34. The molecule has 0 aliphatic carbocycles. The minimum atomic E-state index is 0.0965. The highest BCUT2D eigenvalue weighted by molar-refractivity contribution is 5.85. The van der Waals surface area contributed by atoms with Crippen LogP contribution in [0.4, 0.5) is 0 Å². The van der Waals surface area contributed by atoms with E-state index >= 15 is 0 Å². The smallest absolute Gasteiger partial charge is 0.242 e. The monoisotopic (exact) mass is 296 g/mol. The summed E-state index contributed by atoms with van der Waals surface area (Å²) in [5, 5.41) is 0. The number of likely N-dealkylation sites (N-methyl/N-ethyl adjacent to an activating group) is 1. The summed E-state index contributed by atoms with van der Waals surface area (Å²) in [5.74, 6) is 0.782. The lowest BCUT2D eigenvalue weighted by Gasteiger charge is -2.31. The number of ether oxygens (including phenoxy) is 1. The van der Waals surface area contributed by atoms with E-state index in [2.05, 4.69) is 0 Å². The highest BCUT2D eigenvalue weighted by Crippen LogP contribution is 2.17. The molecule has 0 aromatic heterocycles. The van der Waals surface area contributed by atoms with E-state index in [0.29, 0.717) is 12.3 Å². The molecule has 0 unspecified atom stereocenters. The number of nitrogens with zero attached hydrogens (tertiary/aromatic N) is 2. The number of carbonyl (C=O) groups is 2. The van der Waals surface area contributed by atoms with Gasteiger partial charge in [0.25, 0.3) is 0 Å². The normalized spacial score (nSPS) is 21.2. The Balaban J connectivity index is 1.84. The molecule has 0 aromatic carbocycles. The third kappa shape index (κ3) is 4.99. The van der Waals surface area contributed by atoms with Gasteiger partial charge in [-0.1, -0.05) is 6.42 Å². The third-order valence-corrected chi connectivity index (χ3v) is 4.55. The fraction of sp³-hybridized carbons (Fsp3) is 0.875. The summed E-state index contributed by atoms with van der Waals surface area (Å²) in [5.41, 5.74) is 0. The summed E-state index contributed by atoms with van der Waals surface area (Å²) in [6.45, 7) is 6.15. The van der Waals surface area contributed by atoms with Crippen molar-refractivity contribution < 1.29 is 14.3 Å². The third-order valence-electron chi connectivity index (χ3n) is 4.55. The average molecular weight is 296 g/mol. The van der Waals surface area contributed by atoms with Crippen molar-refractivity contribution in [2.45, 2.75) is 45.4 Å². The van der Waals surface area contributed by atoms with E-state index in [9.17, 15) is 9.59 Å². The number of hydrogen-bond acceptors (Lipinski definition) is 3. The van der Waals surface area contributed by atoms with Gasteiger partial charge in [-0.3, -0.25) is 9.59 Å². The topological polar surface area (TPSA) is 49.9 Å². The maximum atomic E-state index is 12.5. The van der Waals surface area contributed by atoms with Crippen molar-refractivity contribution in [1.82, 2.24) is 9.80 Å². The van der Waals surface area contributed by atoms with E-state index < -0.39 is 0 Å². The summed E-state index contributed by atoms with van der Waals surface area (Å²) < 4.78 is 5.37. The van der Waals surface area contributed by atoms with Crippen LogP contribution in [0.15, 0.2) is 0 Å². The van der Waals surface area contributed by atoms with Crippen molar-refractivity contribution in [2.24, 2.45) is 5.92 Å². The van der Waals surface area contributed by atoms with Crippen molar-refractivity contribution in [1.29, 1.82) is 0 Å². The Bertz CT molecular complexity index is 353. The van der Waals surface area contributed by atoms with Crippen molar-refractivity contribution in [3.05, 3.63) is 0 Å². The van der Waals surface area contributed by atoms with Gasteiger partial charge in [0.15, 0.2) is 0 Å². The van der Waals surface area contributed by atoms with Crippen LogP contribution in [0.1, 0.15) is 45.4 Å². The molecule has 2 aliphatic heterocycles. The van der Waals surface area contributed by atoms with Gasteiger partial charge in [0, 0.05) is 39.3 Å². The lowest BCUT2D eigenvalue weighted by atomic mass is 9.99. The minimum Gasteiger partial charge on any atom is -0.381 e. The molecule has 0 radical (unpaired) electrons. The maximum absolute atomic E-state index is 12.5. The SMILES string of the molecule is CCN(CC1CCOCC1)C(=O)CN1CCCCCC1=O. The number of likely N-dealkylation sites (tertiary alicyclic amines) is 1. The molecule has 120 valence electrons. The Labute approximate surface area is 127 Å². The van der Waals surface area contributed by atoms with Gasteiger partial charge < -0.3 is 14.5 Å². The van der Waals surface area contributed by atoms with E-state index in [1.54, 1.807) is 4.90 Å². The first kappa shape index (κ1) is 16.3. The molecule has 0 spiro atoms. The molecule has 2 fully saturated rings. The van der Waals surface area contributed by atoms with Crippen LogP contribution in [0.2, 0.25) is 0 Å². The van der Waals surface area contributed by atoms with E-state index in [0.717, 1.165) is 65.0 Å².